The van der Waals surface area contributed by atoms with Crippen molar-refractivity contribution in [3.63, 3.8) is 0 Å². The molecule has 27 heavy (non-hydrogen) atoms. The molecule has 0 unspecified atom stereocenters. The Balaban J connectivity index is 1.89. The van der Waals surface area contributed by atoms with Crippen LogP contribution in [0.4, 0.5) is 0 Å². The molecule has 0 bridgehead atoms. The third kappa shape index (κ3) is 3.64. The van der Waals surface area contributed by atoms with Crippen LogP contribution in [-0.2, 0) is 0 Å². The van der Waals surface area contributed by atoms with Gasteiger partial charge in [0, 0.05) is 17.1 Å². The molecule has 0 amide bonds. The summed E-state index contributed by atoms with van der Waals surface area (Å²) in [7, 11) is 0. The molecule has 0 radical (unpaired) electrons. The third-order valence-electron chi connectivity index (χ3n) is 4.10. The van der Waals surface area contributed by atoms with Crippen LogP contribution < -0.4 is 4.80 Å². The lowest BCUT2D eigenvalue weighted by molar-refractivity contribution is 0.840. The molecule has 4 aromatic rings. The normalized spacial score (nSPS) is 12.1. The first-order valence-corrected chi connectivity index (χ1v) is 9.50. The van der Waals surface area contributed by atoms with E-state index in [1.54, 1.807) is 29.8 Å². The summed E-state index contributed by atoms with van der Waals surface area (Å²) in [5.74, 6) is 0. The molecule has 2 heterocycles. The van der Waals surface area contributed by atoms with Gasteiger partial charge in [0.2, 0.25) is 4.80 Å². The molecule has 132 valence electrons. The minimum absolute atomic E-state index is 0.550. The summed E-state index contributed by atoms with van der Waals surface area (Å²) in [4.78, 5) is 9.73. The number of pyridine rings is 1. The minimum Gasteiger partial charge on any atom is -0.255 e. The first kappa shape index (κ1) is 17.1. The van der Waals surface area contributed by atoms with Gasteiger partial charge in [0.1, 0.15) is 0 Å². The van der Waals surface area contributed by atoms with Crippen molar-refractivity contribution in [1.82, 2.24) is 9.66 Å². The van der Waals surface area contributed by atoms with E-state index in [0.717, 1.165) is 21.8 Å². The van der Waals surface area contributed by atoms with Gasteiger partial charge in [-0.3, -0.25) is 9.98 Å². The highest BCUT2D eigenvalue weighted by molar-refractivity contribution is 7.07. The second kappa shape index (κ2) is 7.93. The van der Waals surface area contributed by atoms with Crippen molar-refractivity contribution in [2.75, 3.05) is 6.54 Å². The van der Waals surface area contributed by atoms with E-state index in [0.29, 0.717) is 6.54 Å². The van der Waals surface area contributed by atoms with Crippen LogP contribution in [-0.4, -0.2) is 22.4 Å². The number of aromatic nitrogens is 2. The van der Waals surface area contributed by atoms with Crippen molar-refractivity contribution in [2.24, 2.45) is 10.1 Å². The first-order valence-electron chi connectivity index (χ1n) is 8.62. The van der Waals surface area contributed by atoms with Crippen molar-refractivity contribution in [3.05, 3.63) is 95.4 Å². The molecular formula is C22H18N4S. The van der Waals surface area contributed by atoms with Gasteiger partial charge in [-0.05, 0) is 22.9 Å². The van der Waals surface area contributed by atoms with Crippen LogP contribution >= 0.6 is 11.3 Å². The summed E-state index contributed by atoms with van der Waals surface area (Å²) in [6, 6.07) is 20.4. The van der Waals surface area contributed by atoms with E-state index in [4.69, 9.17) is 0 Å². The second-order valence-electron chi connectivity index (χ2n) is 5.87. The molecular weight excluding hydrogens is 352 g/mol. The number of hydrogen-bond acceptors (Lipinski definition) is 4. The molecule has 0 saturated carbocycles. The highest BCUT2D eigenvalue weighted by Crippen LogP contribution is 2.28. The maximum atomic E-state index is 4.68. The molecule has 0 N–H and O–H groups in total. The number of nitrogens with zero attached hydrogens (tertiary/aromatic N) is 4. The van der Waals surface area contributed by atoms with Crippen LogP contribution in [0.25, 0.3) is 22.0 Å². The predicted molar refractivity (Wildman–Crippen MR) is 113 cm³/mol. The summed E-state index contributed by atoms with van der Waals surface area (Å²) in [6.07, 6.45) is 5.30. The summed E-state index contributed by atoms with van der Waals surface area (Å²) in [5.41, 5.74) is 2.93. The fourth-order valence-electron chi connectivity index (χ4n) is 2.87. The van der Waals surface area contributed by atoms with Gasteiger partial charge in [-0.1, -0.05) is 54.6 Å². The first-order chi connectivity index (χ1) is 13.4. The average molecular weight is 370 g/mol. The molecule has 4 nitrogen and oxygen atoms in total. The minimum atomic E-state index is 0.550. The van der Waals surface area contributed by atoms with Gasteiger partial charge in [0.05, 0.1) is 24.1 Å². The van der Waals surface area contributed by atoms with Gasteiger partial charge in [0.25, 0.3) is 0 Å². The van der Waals surface area contributed by atoms with Gasteiger partial charge < -0.3 is 0 Å². The van der Waals surface area contributed by atoms with Crippen molar-refractivity contribution < 1.29 is 0 Å². The van der Waals surface area contributed by atoms with Gasteiger partial charge in [0.15, 0.2) is 0 Å². The molecule has 0 aliphatic heterocycles. The molecule has 0 spiro atoms. The van der Waals surface area contributed by atoms with E-state index in [-0.39, 0.29) is 0 Å². The van der Waals surface area contributed by atoms with Crippen LogP contribution in [0.1, 0.15) is 5.69 Å². The monoisotopic (exact) mass is 370 g/mol. The molecule has 0 aliphatic rings. The quantitative estimate of drug-likeness (QED) is 0.370. The van der Waals surface area contributed by atoms with Crippen LogP contribution in [0.3, 0.4) is 0 Å². The average Bonchev–Trinajstić information content (AvgIpc) is 3.13. The predicted octanol–water partition coefficient (Wildman–Crippen LogP) is 4.73. The van der Waals surface area contributed by atoms with Crippen LogP contribution in [0.2, 0.25) is 0 Å². The van der Waals surface area contributed by atoms with E-state index >= 15 is 0 Å². The van der Waals surface area contributed by atoms with Crippen molar-refractivity contribution >= 4 is 28.3 Å². The highest BCUT2D eigenvalue weighted by Gasteiger charge is 2.10. The molecule has 5 heteroatoms. The van der Waals surface area contributed by atoms with Gasteiger partial charge in [-0.2, -0.15) is 5.10 Å². The summed E-state index contributed by atoms with van der Waals surface area (Å²) < 4.78 is 1.88. The fraction of sp³-hybridized carbons (Fsp3) is 0.0455. The van der Waals surface area contributed by atoms with Gasteiger partial charge in [-0.25, -0.2) is 4.68 Å². The summed E-state index contributed by atoms with van der Waals surface area (Å²) in [6.45, 7) is 4.31. The Hall–Kier alpha value is -3.31. The summed E-state index contributed by atoms with van der Waals surface area (Å²) >= 11 is 1.57. The van der Waals surface area contributed by atoms with E-state index in [1.807, 2.05) is 22.9 Å². The van der Waals surface area contributed by atoms with Crippen molar-refractivity contribution in [3.8, 4) is 11.3 Å². The highest BCUT2D eigenvalue weighted by atomic mass is 32.1. The van der Waals surface area contributed by atoms with Gasteiger partial charge >= 0.3 is 0 Å². The Morgan fingerprint density at radius 2 is 1.89 bits per heavy atom. The Labute approximate surface area is 161 Å². The van der Waals surface area contributed by atoms with E-state index in [1.165, 1.54) is 10.8 Å². The number of fused-ring (bicyclic) bond motifs is 1. The number of thiazole rings is 1. The van der Waals surface area contributed by atoms with Crippen LogP contribution in [0.15, 0.2) is 95.0 Å². The summed E-state index contributed by atoms with van der Waals surface area (Å²) in [5, 5.41) is 9.17. The number of rotatable bonds is 5. The lowest BCUT2D eigenvalue weighted by Crippen LogP contribution is -2.12. The SMILES string of the molecule is C=CCN=c1scc(-c2cccc3ccccc23)n1N=Cc1ccccn1. The van der Waals surface area contributed by atoms with Crippen molar-refractivity contribution in [2.45, 2.75) is 0 Å². The van der Waals surface area contributed by atoms with Crippen LogP contribution in [0, 0.1) is 0 Å². The maximum absolute atomic E-state index is 4.68. The smallest absolute Gasteiger partial charge is 0.206 e. The Bertz CT molecular complexity index is 1160. The lowest BCUT2D eigenvalue weighted by atomic mass is 10.0. The number of hydrogen-bond donors (Lipinski definition) is 0. The Morgan fingerprint density at radius 1 is 1.04 bits per heavy atom. The van der Waals surface area contributed by atoms with Crippen molar-refractivity contribution in [1.29, 1.82) is 0 Å². The van der Waals surface area contributed by atoms with E-state index in [9.17, 15) is 0 Å². The molecule has 2 aromatic heterocycles. The second-order valence-corrected chi connectivity index (χ2v) is 6.71. The fourth-order valence-corrected chi connectivity index (χ4v) is 3.70. The zero-order valence-electron chi connectivity index (χ0n) is 14.7. The van der Waals surface area contributed by atoms with E-state index < -0.39 is 0 Å². The lowest BCUT2D eigenvalue weighted by Gasteiger charge is -2.07. The Morgan fingerprint density at radius 3 is 2.74 bits per heavy atom. The zero-order chi connectivity index (χ0) is 18.5. The molecule has 4 rings (SSSR count). The molecule has 0 aliphatic carbocycles. The Kier molecular flexibility index (Phi) is 5.03. The standard InChI is InChI=1S/C22H18N4S/c1-2-13-24-22-26(25-15-18-10-5-6-14-23-18)21(16-27-22)20-12-7-9-17-8-3-4-11-19(17)20/h2-12,14-16H,1,13H2. The number of benzene rings is 2. The van der Waals surface area contributed by atoms with E-state index in [2.05, 4.69) is 69.5 Å². The largest absolute Gasteiger partial charge is 0.255 e. The molecule has 0 atom stereocenters. The third-order valence-corrected chi connectivity index (χ3v) is 4.95. The van der Waals surface area contributed by atoms with Gasteiger partial charge in [-0.15, -0.1) is 17.9 Å². The topological polar surface area (TPSA) is 42.5 Å². The molecule has 2 aromatic carbocycles. The van der Waals surface area contributed by atoms with Crippen LogP contribution in [0.5, 0.6) is 0 Å². The molecule has 0 saturated heterocycles. The maximum Gasteiger partial charge on any atom is 0.206 e. The molecule has 0 fully saturated rings. The zero-order valence-corrected chi connectivity index (χ0v) is 15.5.